The van der Waals surface area contributed by atoms with E-state index in [1.165, 1.54) is 0 Å². The first kappa shape index (κ1) is 16.3. The van der Waals surface area contributed by atoms with Crippen LogP contribution < -0.4 is 5.73 Å². The van der Waals surface area contributed by atoms with E-state index in [0.29, 0.717) is 12.3 Å². The van der Waals surface area contributed by atoms with Gasteiger partial charge in [-0.3, -0.25) is 0 Å². The van der Waals surface area contributed by atoms with Crippen LogP contribution in [0.3, 0.4) is 0 Å². The second kappa shape index (κ2) is 6.87. The van der Waals surface area contributed by atoms with Gasteiger partial charge in [0.2, 0.25) is 0 Å². The molecule has 17 heavy (non-hydrogen) atoms. The summed E-state index contributed by atoms with van der Waals surface area (Å²) in [4.78, 5) is 0. The molecule has 0 aliphatic carbocycles. The molecule has 0 amide bonds. The lowest BCUT2D eigenvalue weighted by molar-refractivity contribution is 0.440. The average molecular weight is 268 g/mol. The Balaban J connectivity index is 0.00000256. The molecular weight excluding hydrogens is 251 g/mol. The third-order valence-electron chi connectivity index (χ3n) is 2.51. The highest BCUT2D eigenvalue weighted by molar-refractivity contribution is 5.85. The molecular formula is C12H17ClF3N. The molecule has 0 aliphatic rings. The highest BCUT2D eigenvalue weighted by atomic mass is 35.5. The second-order valence-electron chi connectivity index (χ2n) is 4.33. The van der Waals surface area contributed by atoms with Crippen LogP contribution in [0.2, 0.25) is 0 Å². The molecule has 0 aromatic heterocycles. The van der Waals surface area contributed by atoms with Crippen LogP contribution in [0.25, 0.3) is 0 Å². The first-order valence-electron chi connectivity index (χ1n) is 5.32. The number of hydrogen-bond acceptors (Lipinski definition) is 1. The van der Waals surface area contributed by atoms with Crippen LogP contribution in [0.15, 0.2) is 12.1 Å². The normalized spacial score (nSPS) is 12.4. The van der Waals surface area contributed by atoms with Crippen molar-refractivity contribution in [2.45, 2.75) is 32.7 Å². The second-order valence-corrected chi connectivity index (χ2v) is 4.33. The summed E-state index contributed by atoms with van der Waals surface area (Å²) in [5, 5.41) is 0. The van der Waals surface area contributed by atoms with Gasteiger partial charge in [0.15, 0.2) is 11.6 Å². The highest BCUT2D eigenvalue weighted by Gasteiger charge is 2.19. The summed E-state index contributed by atoms with van der Waals surface area (Å²) in [6.07, 6.45) is 1.19. The van der Waals surface area contributed by atoms with Gasteiger partial charge in [0.05, 0.1) is 0 Å². The summed E-state index contributed by atoms with van der Waals surface area (Å²) >= 11 is 0. The minimum absolute atomic E-state index is 0. The van der Waals surface area contributed by atoms with Crippen molar-refractivity contribution in [2.24, 2.45) is 11.7 Å². The lowest BCUT2D eigenvalue weighted by atomic mass is 9.97. The Hall–Kier alpha value is -0.740. The number of halogens is 4. The molecule has 1 aromatic rings. The minimum atomic E-state index is -1.17. The van der Waals surface area contributed by atoms with E-state index >= 15 is 0 Å². The SMILES string of the molecule is CC(C)CC[C@H](N)c1c(F)ccc(F)c1F.Cl. The van der Waals surface area contributed by atoms with Gasteiger partial charge in [-0.1, -0.05) is 13.8 Å². The van der Waals surface area contributed by atoms with Crippen molar-refractivity contribution in [3.8, 4) is 0 Å². The zero-order valence-electron chi connectivity index (χ0n) is 9.84. The summed E-state index contributed by atoms with van der Waals surface area (Å²) in [7, 11) is 0. The summed E-state index contributed by atoms with van der Waals surface area (Å²) in [6, 6.07) is 0.880. The lowest BCUT2D eigenvalue weighted by Gasteiger charge is -2.15. The highest BCUT2D eigenvalue weighted by Crippen LogP contribution is 2.25. The first-order valence-corrected chi connectivity index (χ1v) is 5.32. The Bertz CT molecular complexity index is 369. The van der Waals surface area contributed by atoms with Gasteiger partial charge in [0.25, 0.3) is 0 Å². The molecule has 1 atom stereocenters. The molecule has 1 nitrogen and oxygen atoms in total. The molecule has 0 heterocycles. The summed E-state index contributed by atoms with van der Waals surface area (Å²) in [5.74, 6) is -2.62. The summed E-state index contributed by atoms with van der Waals surface area (Å²) < 4.78 is 39.6. The van der Waals surface area contributed by atoms with Crippen LogP contribution in [0.1, 0.15) is 38.3 Å². The molecule has 5 heteroatoms. The largest absolute Gasteiger partial charge is 0.324 e. The van der Waals surface area contributed by atoms with Gasteiger partial charge < -0.3 is 5.73 Å². The Morgan fingerprint density at radius 2 is 1.59 bits per heavy atom. The molecule has 0 spiro atoms. The van der Waals surface area contributed by atoms with Gasteiger partial charge in [0.1, 0.15) is 5.82 Å². The monoisotopic (exact) mass is 267 g/mol. The first-order chi connectivity index (χ1) is 7.43. The van der Waals surface area contributed by atoms with E-state index in [1.807, 2.05) is 13.8 Å². The summed E-state index contributed by atoms with van der Waals surface area (Å²) in [5.41, 5.74) is 5.32. The van der Waals surface area contributed by atoms with E-state index in [4.69, 9.17) is 5.73 Å². The molecule has 0 bridgehead atoms. The predicted octanol–water partition coefficient (Wildman–Crippen LogP) is 3.96. The number of benzene rings is 1. The van der Waals surface area contributed by atoms with Crippen molar-refractivity contribution < 1.29 is 13.2 Å². The van der Waals surface area contributed by atoms with Crippen LogP contribution in [0, 0.1) is 23.4 Å². The van der Waals surface area contributed by atoms with E-state index in [0.717, 1.165) is 18.6 Å². The molecule has 0 fully saturated rings. The van der Waals surface area contributed by atoms with Gasteiger partial charge in [0, 0.05) is 11.6 Å². The Kier molecular flexibility index (Phi) is 6.57. The smallest absolute Gasteiger partial charge is 0.166 e. The van der Waals surface area contributed by atoms with Crippen molar-refractivity contribution in [2.75, 3.05) is 0 Å². The van der Waals surface area contributed by atoms with Crippen molar-refractivity contribution in [1.29, 1.82) is 0 Å². The molecule has 2 N–H and O–H groups in total. The standard InChI is InChI=1S/C12H16F3N.ClH/c1-7(2)3-6-10(16)11-8(13)4-5-9(14)12(11)15;/h4-5,7,10H,3,6,16H2,1-2H3;1H/t10-;/m0./s1. The number of hydrogen-bond donors (Lipinski definition) is 1. The van der Waals surface area contributed by atoms with E-state index in [1.54, 1.807) is 0 Å². The lowest BCUT2D eigenvalue weighted by Crippen LogP contribution is -2.16. The molecule has 0 unspecified atom stereocenters. The van der Waals surface area contributed by atoms with E-state index in [-0.39, 0.29) is 18.0 Å². The van der Waals surface area contributed by atoms with Crippen molar-refractivity contribution in [3.05, 3.63) is 35.1 Å². The maximum absolute atomic E-state index is 13.3. The van der Waals surface area contributed by atoms with Crippen molar-refractivity contribution in [1.82, 2.24) is 0 Å². The minimum Gasteiger partial charge on any atom is -0.324 e. The van der Waals surface area contributed by atoms with E-state index in [9.17, 15) is 13.2 Å². The third kappa shape index (κ3) is 4.21. The van der Waals surface area contributed by atoms with Crippen molar-refractivity contribution >= 4 is 12.4 Å². The maximum atomic E-state index is 13.3. The van der Waals surface area contributed by atoms with Gasteiger partial charge >= 0.3 is 0 Å². The van der Waals surface area contributed by atoms with Crippen molar-refractivity contribution in [3.63, 3.8) is 0 Å². The van der Waals surface area contributed by atoms with E-state index in [2.05, 4.69) is 0 Å². The Morgan fingerprint density at radius 3 is 2.12 bits per heavy atom. The number of nitrogens with two attached hydrogens (primary N) is 1. The van der Waals surface area contributed by atoms with Crippen LogP contribution in [-0.2, 0) is 0 Å². The fourth-order valence-electron chi connectivity index (χ4n) is 1.54. The molecule has 0 saturated carbocycles. The molecule has 1 aromatic carbocycles. The molecule has 1 rings (SSSR count). The Morgan fingerprint density at radius 1 is 1.06 bits per heavy atom. The molecule has 0 aliphatic heterocycles. The van der Waals surface area contributed by atoms with E-state index < -0.39 is 23.5 Å². The summed E-state index contributed by atoms with van der Waals surface area (Å²) in [6.45, 7) is 3.98. The molecule has 0 radical (unpaired) electrons. The van der Waals surface area contributed by atoms with Gasteiger partial charge in [-0.25, -0.2) is 13.2 Å². The fourth-order valence-corrected chi connectivity index (χ4v) is 1.54. The zero-order chi connectivity index (χ0) is 12.3. The fraction of sp³-hybridized carbons (Fsp3) is 0.500. The average Bonchev–Trinajstić information content (AvgIpc) is 2.21. The van der Waals surface area contributed by atoms with Gasteiger partial charge in [-0.15, -0.1) is 12.4 Å². The van der Waals surface area contributed by atoms with Crippen LogP contribution in [0.4, 0.5) is 13.2 Å². The maximum Gasteiger partial charge on any atom is 0.166 e. The zero-order valence-corrected chi connectivity index (χ0v) is 10.7. The van der Waals surface area contributed by atoms with Crippen LogP contribution in [0.5, 0.6) is 0 Å². The van der Waals surface area contributed by atoms with Crippen LogP contribution in [-0.4, -0.2) is 0 Å². The number of rotatable bonds is 4. The predicted molar refractivity (Wildman–Crippen MR) is 64.6 cm³/mol. The van der Waals surface area contributed by atoms with Gasteiger partial charge in [-0.05, 0) is 30.9 Å². The third-order valence-corrected chi connectivity index (χ3v) is 2.51. The molecule has 98 valence electrons. The Labute approximate surface area is 106 Å². The topological polar surface area (TPSA) is 26.0 Å². The molecule has 0 saturated heterocycles. The van der Waals surface area contributed by atoms with Gasteiger partial charge in [-0.2, -0.15) is 0 Å². The van der Waals surface area contributed by atoms with Crippen LogP contribution >= 0.6 is 12.4 Å². The quantitative estimate of drug-likeness (QED) is 0.821.